The van der Waals surface area contributed by atoms with E-state index in [1.807, 2.05) is 0 Å². The molecule has 0 unspecified atom stereocenters. The number of hydrogen-bond acceptors (Lipinski definition) is 1. The minimum atomic E-state index is 0.0668. The summed E-state index contributed by atoms with van der Waals surface area (Å²) in [7, 11) is 0. The standard InChI is InChI=1S/C31H23BO/c1-22-19-20-28-30(21-22)33-29-18-9-8-17-27(29)32(28)31-25(23-11-4-2-5-12-23)15-10-16-26(31)24-13-6-3-7-14-24/h2-21H,1H3. The van der Waals surface area contributed by atoms with Crippen LogP contribution in [0.3, 0.4) is 0 Å². The van der Waals surface area contributed by atoms with Gasteiger partial charge in [0.15, 0.2) is 0 Å². The third-order valence-corrected chi connectivity index (χ3v) is 6.49. The summed E-state index contributed by atoms with van der Waals surface area (Å²) < 4.78 is 6.40. The quantitative estimate of drug-likeness (QED) is 0.320. The van der Waals surface area contributed by atoms with Crippen molar-refractivity contribution in [1.82, 2.24) is 0 Å². The molecule has 2 heteroatoms. The van der Waals surface area contributed by atoms with Crippen LogP contribution in [-0.4, -0.2) is 6.71 Å². The number of fused-ring (bicyclic) bond motifs is 2. The van der Waals surface area contributed by atoms with Gasteiger partial charge < -0.3 is 4.74 Å². The Morgan fingerprint density at radius 1 is 0.515 bits per heavy atom. The highest BCUT2D eigenvalue weighted by atomic mass is 16.5. The van der Waals surface area contributed by atoms with Crippen LogP contribution in [0.1, 0.15) is 5.56 Å². The Labute approximate surface area is 195 Å². The van der Waals surface area contributed by atoms with Crippen LogP contribution in [0.2, 0.25) is 0 Å². The van der Waals surface area contributed by atoms with Crippen LogP contribution in [0.25, 0.3) is 22.3 Å². The zero-order valence-electron chi connectivity index (χ0n) is 18.5. The van der Waals surface area contributed by atoms with E-state index in [0.29, 0.717) is 0 Å². The first-order valence-electron chi connectivity index (χ1n) is 11.4. The summed E-state index contributed by atoms with van der Waals surface area (Å²) in [5.41, 5.74) is 9.89. The molecule has 156 valence electrons. The molecular weight excluding hydrogens is 399 g/mol. The van der Waals surface area contributed by atoms with E-state index in [-0.39, 0.29) is 6.71 Å². The molecule has 0 N–H and O–H groups in total. The summed E-state index contributed by atoms with van der Waals surface area (Å²) >= 11 is 0. The molecule has 0 spiro atoms. The second-order valence-corrected chi connectivity index (χ2v) is 8.61. The highest BCUT2D eigenvalue weighted by molar-refractivity contribution is 6.98. The van der Waals surface area contributed by atoms with Crippen molar-refractivity contribution >= 4 is 23.1 Å². The fourth-order valence-electron chi connectivity index (χ4n) is 4.99. The normalized spacial score (nSPS) is 12.0. The second-order valence-electron chi connectivity index (χ2n) is 8.61. The molecule has 5 aromatic carbocycles. The van der Waals surface area contributed by atoms with Crippen LogP contribution < -0.4 is 21.1 Å². The summed E-state index contributed by atoms with van der Waals surface area (Å²) in [6, 6.07) is 43.1. The maximum atomic E-state index is 6.40. The lowest BCUT2D eigenvalue weighted by Crippen LogP contribution is -2.56. The van der Waals surface area contributed by atoms with Crippen LogP contribution in [0.4, 0.5) is 0 Å². The molecule has 0 amide bonds. The molecule has 1 aliphatic rings. The summed E-state index contributed by atoms with van der Waals surface area (Å²) in [4.78, 5) is 0. The van der Waals surface area contributed by atoms with Gasteiger partial charge >= 0.3 is 0 Å². The van der Waals surface area contributed by atoms with Gasteiger partial charge in [-0.15, -0.1) is 0 Å². The molecule has 0 aliphatic carbocycles. The fourth-order valence-corrected chi connectivity index (χ4v) is 4.99. The zero-order valence-corrected chi connectivity index (χ0v) is 18.5. The number of hydrogen-bond donors (Lipinski definition) is 0. The molecule has 1 aliphatic heterocycles. The summed E-state index contributed by atoms with van der Waals surface area (Å²) in [5.74, 6) is 1.88. The lowest BCUT2D eigenvalue weighted by molar-refractivity contribution is 0.487. The van der Waals surface area contributed by atoms with Gasteiger partial charge in [-0.1, -0.05) is 115 Å². The third kappa shape index (κ3) is 3.45. The molecule has 0 saturated heterocycles. The molecule has 0 atom stereocenters. The van der Waals surface area contributed by atoms with Crippen molar-refractivity contribution in [3.05, 3.63) is 127 Å². The predicted octanol–water partition coefficient (Wildman–Crippen LogP) is 5.95. The van der Waals surface area contributed by atoms with E-state index >= 15 is 0 Å². The van der Waals surface area contributed by atoms with E-state index in [9.17, 15) is 0 Å². The van der Waals surface area contributed by atoms with Gasteiger partial charge in [0.1, 0.15) is 11.5 Å². The molecule has 6 rings (SSSR count). The average Bonchev–Trinajstić information content (AvgIpc) is 2.88. The van der Waals surface area contributed by atoms with E-state index in [1.165, 1.54) is 44.2 Å². The molecule has 1 heterocycles. The topological polar surface area (TPSA) is 9.23 Å². The molecule has 0 saturated carbocycles. The van der Waals surface area contributed by atoms with Crippen molar-refractivity contribution in [3.8, 4) is 33.8 Å². The molecule has 33 heavy (non-hydrogen) atoms. The minimum Gasteiger partial charge on any atom is -0.458 e. The number of benzene rings is 5. The first-order chi connectivity index (χ1) is 16.3. The molecule has 5 aromatic rings. The van der Waals surface area contributed by atoms with E-state index in [1.54, 1.807) is 0 Å². The van der Waals surface area contributed by atoms with Crippen molar-refractivity contribution in [3.63, 3.8) is 0 Å². The van der Waals surface area contributed by atoms with Gasteiger partial charge in [-0.25, -0.2) is 0 Å². The summed E-state index contributed by atoms with van der Waals surface area (Å²) in [6.45, 7) is 2.18. The predicted molar refractivity (Wildman–Crippen MR) is 140 cm³/mol. The fraction of sp³-hybridized carbons (Fsp3) is 0.0323. The minimum absolute atomic E-state index is 0.0668. The van der Waals surface area contributed by atoms with Crippen LogP contribution in [0, 0.1) is 6.92 Å². The molecular formula is C31H23BO. The zero-order chi connectivity index (χ0) is 22.2. The maximum Gasteiger partial charge on any atom is 0.252 e. The first-order valence-corrected chi connectivity index (χ1v) is 11.4. The van der Waals surface area contributed by atoms with Gasteiger partial charge in [0, 0.05) is 0 Å². The Hall–Kier alpha value is -4.04. The van der Waals surface area contributed by atoms with E-state index < -0.39 is 0 Å². The van der Waals surface area contributed by atoms with Crippen molar-refractivity contribution in [2.45, 2.75) is 6.92 Å². The SMILES string of the molecule is Cc1ccc2c(c1)Oc1ccccc1B2c1c(-c2ccccc2)cccc1-c1ccccc1. The van der Waals surface area contributed by atoms with E-state index in [4.69, 9.17) is 4.74 Å². The Kier molecular flexibility index (Phi) is 4.85. The lowest BCUT2D eigenvalue weighted by Gasteiger charge is -2.30. The van der Waals surface area contributed by atoms with Gasteiger partial charge in [-0.3, -0.25) is 0 Å². The molecule has 0 bridgehead atoms. The van der Waals surface area contributed by atoms with Crippen molar-refractivity contribution < 1.29 is 4.74 Å². The van der Waals surface area contributed by atoms with E-state index in [2.05, 4.69) is 128 Å². The first kappa shape index (κ1) is 19.6. The number of aryl methyl sites for hydroxylation is 1. The van der Waals surface area contributed by atoms with Gasteiger partial charge in [0.25, 0.3) is 6.71 Å². The Balaban J connectivity index is 1.71. The number of ether oxygens (including phenoxy) is 1. The van der Waals surface area contributed by atoms with Crippen LogP contribution in [0.5, 0.6) is 11.5 Å². The summed E-state index contributed by atoms with van der Waals surface area (Å²) in [6.07, 6.45) is 0. The Morgan fingerprint density at radius 3 is 1.76 bits per heavy atom. The largest absolute Gasteiger partial charge is 0.458 e. The lowest BCUT2D eigenvalue weighted by atomic mass is 9.34. The van der Waals surface area contributed by atoms with E-state index in [0.717, 1.165) is 11.5 Å². The second kappa shape index (κ2) is 8.14. The van der Waals surface area contributed by atoms with Crippen LogP contribution >= 0.6 is 0 Å². The number of rotatable bonds is 3. The molecule has 0 radical (unpaired) electrons. The monoisotopic (exact) mass is 422 g/mol. The van der Waals surface area contributed by atoms with Gasteiger partial charge in [-0.05, 0) is 57.8 Å². The summed E-state index contributed by atoms with van der Waals surface area (Å²) in [5, 5.41) is 0. The van der Waals surface area contributed by atoms with Crippen molar-refractivity contribution in [2.75, 3.05) is 0 Å². The Bertz CT molecular complexity index is 1380. The van der Waals surface area contributed by atoms with Gasteiger partial charge in [0.05, 0.1) is 0 Å². The van der Waals surface area contributed by atoms with Crippen LogP contribution in [0.15, 0.2) is 121 Å². The Morgan fingerprint density at radius 2 is 1.09 bits per heavy atom. The van der Waals surface area contributed by atoms with Gasteiger partial charge in [-0.2, -0.15) is 0 Å². The highest BCUT2D eigenvalue weighted by Crippen LogP contribution is 2.30. The maximum absolute atomic E-state index is 6.40. The molecule has 1 nitrogen and oxygen atoms in total. The molecule has 0 aromatic heterocycles. The van der Waals surface area contributed by atoms with Crippen molar-refractivity contribution in [1.29, 1.82) is 0 Å². The smallest absolute Gasteiger partial charge is 0.252 e. The average molecular weight is 422 g/mol. The van der Waals surface area contributed by atoms with Gasteiger partial charge in [0.2, 0.25) is 0 Å². The third-order valence-electron chi connectivity index (χ3n) is 6.49. The van der Waals surface area contributed by atoms with Crippen LogP contribution in [-0.2, 0) is 0 Å². The molecule has 0 fully saturated rings. The number of para-hydroxylation sites is 1. The highest BCUT2D eigenvalue weighted by Gasteiger charge is 2.35. The van der Waals surface area contributed by atoms with Crippen molar-refractivity contribution in [2.24, 2.45) is 0 Å².